The van der Waals surface area contributed by atoms with Gasteiger partial charge in [-0.15, -0.1) is 24.0 Å². The van der Waals surface area contributed by atoms with Crippen LogP contribution < -0.4 is 5.32 Å². The van der Waals surface area contributed by atoms with E-state index in [9.17, 15) is 5.11 Å². The van der Waals surface area contributed by atoms with E-state index in [4.69, 9.17) is 0 Å². The third-order valence-corrected chi connectivity index (χ3v) is 6.34. The van der Waals surface area contributed by atoms with Gasteiger partial charge in [0.1, 0.15) is 0 Å². The van der Waals surface area contributed by atoms with Crippen molar-refractivity contribution < 1.29 is 5.11 Å². The van der Waals surface area contributed by atoms with E-state index >= 15 is 0 Å². The molecule has 2 saturated heterocycles. The van der Waals surface area contributed by atoms with Crippen molar-refractivity contribution in [3.05, 3.63) is 0 Å². The Morgan fingerprint density at radius 3 is 2.52 bits per heavy atom. The number of aliphatic hydroxyl groups is 1. The number of rotatable bonds is 4. The first-order chi connectivity index (χ1) is 9.56. The van der Waals surface area contributed by atoms with Crippen LogP contribution in [0.4, 0.5) is 0 Å². The van der Waals surface area contributed by atoms with Crippen LogP contribution in [0.5, 0.6) is 0 Å². The third kappa shape index (κ3) is 4.64. The Balaban J connectivity index is 0.00000220. The SMILES string of the molecule is CCC1(CC)CCN(C(=NC)NCC2(O)CCSC2)C1.I. The Morgan fingerprint density at radius 1 is 1.33 bits per heavy atom. The van der Waals surface area contributed by atoms with Crippen LogP contribution in [0.1, 0.15) is 39.5 Å². The quantitative estimate of drug-likeness (QED) is 0.412. The van der Waals surface area contributed by atoms with Crippen molar-refractivity contribution in [3.63, 3.8) is 0 Å². The Bertz CT molecular complexity index is 355. The number of likely N-dealkylation sites (tertiary alicyclic amines) is 1. The molecule has 2 heterocycles. The predicted molar refractivity (Wildman–Crippen MR) is 103 cm³/mol. The zero-order valence-electron chi connectivity index (χ0n) is 13.5. The zero-order chi connectivity index (χ0) is 14.6. The van der Waals surface area contributed by atoms with Crippen molar-refractivity contribution >= 4 is 41.7 Å². The van der Waals surface area contributed by atoms with Crippen LogP contribution in [0.25, 0.3) is 0 Å². The number of hydrogen-bond acceptors (Lipinski definition) is 3. The van der Waals surface area contributed by atoms with Crippen LogP contribution >= 0.6 is 35.7 Å². The van der Waals surface area contributed by atoms with Gasteiger partial charge in [0.05, 0.1) is 5.60 Å². The number of nitrogens with one attached hydrogen (secondary N) is 1. The molecule has 6 heteroatoms. The molecule has 0 amide bonds. The molecule has 2 N–H and O–H groups in total. The van der Waals surface area contributed by atoms with E-state index in [1.54, 1.807) is 0 Å². The molecule has 0 aromatic heterocycles. The van der Waals surface area contributed by atoms with E-state index in [0.29, 0.717) is 12.0 Å². The molecule has 4 nitrogen and oxygen atoms in total. The molecular formula is C15H30IN3OS. The maximum atomic E-state index is 10.4. The second-order valence-corrected chi connectivity index (χ2v) is 7.41. The van der Waals surface area contributed by atoms with Crippen molar-refractivity contribution in [1.82, 2.24) is 10.2 Å². The number of halogens is 1. The van der Waals surface area contributed by atoms with E-state index in [1.807, 2.05) is 18.8 Å². The maximum Gasteiger partial charge on any atom is 0.193 e. The summed E-state index contributed by atoms with van der Waals surface area (Å²) in [7, 11) is 1.84. The minimum Gasteiger partial charge on any atom is -0.387 e. The lowest BCUT2D eigenvalue weighted by atomic mass is 9.82. The molecule has 1 unspecified atom stereocenters. The fraction of sp³-hybridized carbons (Fsp3) is 0.933. The molecule has 124 valence electrons. The second-order valence-electron chi connectivity index (χ2n) is 6.31. The van der Waals surface area contributed by atoms with E-state index in [-0.39, 0.29) is 24.0 Å². The molecule has 2 fully saturated rings. The fourth-order valence-corrected chi connectivity index (χ4v) is 4.55. The monoisotopic (exact) mass is 427 g/mol. The van der Waals surface area contributed by atoms with E-state index < -0.39 is 5.60 Å². The van der Waals surface area contributed by atoms with Gasteiger partial charge in [0.15, 0.2) is 5.96 Å². The van der Waals surface area contributed by atoms with Gasteiger partial charge in [-0.1, -0.05) is 13.8 Å². The number of hydrogen-bond donors (Lipinski definition) is 2. The summed E-state index contributed by atoms with van der Waals surface area (Å²) in [6.45, 7) is 7.37. The fourth-order valence-electron chi connectivity index (χ4n) is 3.25. The minimum atomic E-state index is -0.549. The maximum absolute atomic E-state index is 10.4. The van der Waals surface area contributed by atoms with Crippen molar-refractivity contribution in [1.29, 1.82) is 0 Å². The number of nitrogens with zero attached hydrogens (tertiary/aromatic N) is 2. The highest BCUT2D eigenvalue weighted by atomic mass is 127. The zero-order valence-corrected chi connectivity index (χ0v) is 16.7. The Labute approximate surface area is 150 Å². The van der Waals surface area contributed by atoms with Crippen LogP contribution in [-0.2, 0) is 0 Å². The number of aliphatic imine (C=N–C) groups is 1. The van der Waals surface area contributed by atoms with Crippen molar-refractivity contribution in [2.24, 2.45) is 10.4 Å². The minimum absolute atomic E-state index is 0. The van der Waals surface area contributed by atoms with Crippen LogP contribution in [0, 0.1) is 5.41 Å². The summed E-state index contributed by atoms with van der Waals surface area (Å²) in [4.78, 5) is 6.77. The molecule has 0 aliphatic carbocycles. The molecule has 0 aromatic rings. The standard InChI is InChI=1S/C15H29N3OS.HI/c1-4-14(5-2)6-8-18(11-14)13(16-3)17-10-15(19)7-9-20-12-15;/h19H,4-12H2,1-3H3,(H,16,17);1H. The van der Waals surface area contributed by atoms with Crippen molar-refractivity contribution in [2.75, 3.05) is 38.2 Å². The van der Waals surface area contributed by atoms with Crippen LogP contribution in [-0.4, -0.2) is 59.8 Å². The van der Waals surface area contributed by atoms with Crippen LogP contribution in [0.15, 0.2) is 4.99 Å². The summed E-state index contributed by atoms with van der Waals surface area (Å²) in [6, 6.07) is 0. The third-order valence-electron chi connectivity index (χ3n) is 5.11. The van der Waals surface area contributed by atoms with E-state index in [2.05, 4.69) is 29.1 Å². The van der Waals surface area contributed by atoms with Crippen LogP contribution in [0.3, 0.4) is 0 Å². The second kappa shape index (κ2) is 8.24. The summed E-state index contributed by atoms with van der Waals surface area (Å²) in [5.74, 6) is 2.86. The molecule has 0 bridgehead atoms. The molecule has 1 atom stereocenters. The van der Waals surface area contributed by atoms with Gasteiger partial charge in [-0.3, -0.25) is 4.99 Å². The highest BCUT2D eigenvalue weighted by Crippen LogP contribution is 2.37. The summed E-state index contributed by atoms with van der Waals surface area (Å²) >= 11 is 1.84. The van der Waals surface area contributed by atoms with Gasteiger partial charge < -0.3 is 15.3 Å². The molecule has 0 aromatic carbocycles. The molecule has 21 heavy (non-hydrogen) atoms. The Morgan fingerprint density at radius 2 is 2.05 bits per heavy atom. The van der Waals surface area contributed by atoms with Gasteiger partial charge in [0.25, 0.3) is 0 Å². The van der Waals surface area contributed by atoms with Gasteiger partial charge in [-0.05, 0) is 36.9 Å². The normalized spacial score (nSPS) is 28.6. The number of thioether (sulfide) groups is 1. The Kier molecular flexibility index (Phi) is 7.60. The van der Waals surface area contributed by atoms with Crippen molar-refractivity contribution in [2.45, 2.75) is 45.1 Å². The van der Waals surface area contributed by atoms with Crippen molar-refractivity contribution in [3.8, 4) is 0 Å². The lowest BCUT2D eigenvalue weighted by Gasteiger charge is -2.29. The summed E-state index contributed by atoms with van der Waals surface area (Å²) in [6.07, 6.45) is 4.60. The lowest BCUT2D eigenvalue weighted by molar-refractivity contribution is 0.0718. The summed E-state index contributed by atoms with van der Waals surface area (Å²) in [5.41, 5.74) is -0.0926. The molecule has 2 rings (SSSR count). The molecule has 0 spiro atoms. The Hall–Kier alpha value is 0.310. The van der Waals surface area contributed by atoms with Crippen LogP contribution in [0.2, 0.25) is 0 Å². The molecule has 2 aliphatic heterocycles. The summed E-state index contributed by atoms with van der Waals surface area (Å²) in [5, 5.41) is 13.8. The number of guanidine groups is 1. The first-order valence-corrected chi connectivity index (χ1v) is 8.98. The average molecular weight is 427 g/mol. The average Bonchev–Trinajstić information content (AvgIpc) is 3.08. The highest BCUT2D eigenvalue weighted by Gasteiger charge is 2.37. The largest absolute Gasteiger partial charge is 0.387 e. The predicted octanol–water partition coefficient (Wildman–Crippen LogP) is 2.56. The van der Waals surface area contributed by atoms with Gasteiger partial charge in [0.2, 0.25) is 0 Å². The summed E-state index contributed by atoms with van der Waals surface area (Å²) < 4.78 is 0. The first kappa shape index (κ1) is 19.4. The smallest absolute Gasteiger partial charge is 0.193 e. The molecule has 0 radical (unpaired) electrons. The topological polar surface area (TPSA) is 47.9 Å². The molecule has 2 aliphatic rings. The van der Waals surface area contributed by atoms with Gasteiger partial charge in [0, 0.05) is 32.4 Å². The van der Waals surface area contributed by atoms with E-state index in [1.165, 1.54) is 19.3 Å². The van der Waals surface area contributed by atoms with Gasteiger partial charge >= 0.3 is 0 Å². The molecule has 0 saturated carbocycles. The highest BCUT2D eigenvalue weighted by molar-refractivity contribution is 14.0. The lowest BCUT2D eigenvalue weighted by Crippen LogP contribution is -2.48. The first-order valence-electron chi connectivity index (χ1n) is 7.82. The van der Waals surface area contributed by atoms with Gasteiger partial charge in [-0.2, -0.15) is 11.8 Å². The van der Waals surface area contributed by atoms with Gasteiger partial charge in [-0.25, -0.2) is 0 Å². The molecular weight excluding hydrogens is 397 g/mol. The van der Waals surface area contributed by atoms with E-state index in [0.717, 1.165) is 37.0 Å².